The Labute approximate surface area is 81.1 Å². The first-order valence-electron chi connectivity index (χ1n) is 3.99. The minimum Gasteiger partial charge on any atom is -0.369 e. The van der Waals surface area contributed by atoms with Crippen molar-refractivity contribution in [3.8, 4) is 0 Å². The topological polar surface area (TPSA) is 43.8 Å². The molecule has 12 heavy (non-hydrogen) atoms. The molecule has 0 spiro atoms. The van der Waals surface area contributed by atoms with Gasteiger partial charge in [0.2, 0.25) is 5.95 Å². The number of nitrogen functional groups attached to an aromatic ring is 1. The summed E-state index contributed by atoms with van der Waals surface area (Å²) in [6, 6.07) is 0. The lowest BCUT2D eigenvalue weighted by Crippen LogP contribution is -2.04. The zero-order valence-electron chi connectivity index (χ0n) is 7.63. The minimum atomic E-state index is 0.567. The van der Waals surface area contributed by atoms with Gasteiger partial charge in [-0.05, 0) is 28.3 Å². The summed E-state index contributed by atoms with van der Waals surface area (Å²) in [7, 11) is 1.94. The number of aromatic nitrogens is 2. The van der Waals surface area contributed by atoms with E-state index in [1.165, 1.54) is 5.69 Å². The van der Waals surface area contributed by atoms with Crippen molar-refractivity contribution in [1.29, 1.82) is 0 Å². The number of nitrogens with two attached hydrogens (primary N) is 1. The second-order valence-electron chi connectivity index (χ2n) is 3.36. The Bertz CT molecular complexity index is 278. The molecule has 0 aliphatic carbocycles. The second kappa shape index (κ2) is 3.47. The zero-order chi connectivity index (χ0) is 9.30. The Hall–Kier alpha value is -0.510. The predicted octanol–water partition coefficient (Wildman–Crippen LogP) is 1.96. The van der Waals surface area contributed by atoms with Gasteiger partial charge >= 0.3 is 0 Å². The van der Waals surface area contributed by atoms with Gasteiger partial charge in [0.05, 0.1) is 5.69 Å². The van der Waals surface area contributed by atoms with Crippen molar-refractivity contribution in [2.24, 2.45) is 13.0 Å². The van der Waals surface area contributed by atoms with Gasteiger partial charge in [0.25, 0.3) is 0 Å². The third kappa shape index (κ3) is 1.80. The molecule has 0 radical (unpaired) electrons. The molecule has 0 saturated heterocycles. The summed E-state index contributed by atoms with van der Waals surface area (Å²) in [5.74, 6) is 1.19. The number of halogens is 1. The summed E-state index contributed by atoms with van der Waals surface area (Å²) in [5.41, 5.74) is 6.81. The van der Waals surface area contributed by atoms with Crippen LogP contribution in [0.15, 0.2) is 4.60 Å². The molecule has 0 aliphatic rings. The van der Waals surface area contributed by atoms with E-state index in [0.29, 0.717) is 11.9 Å². The molecule has 1 heterocycles. The van der Waals surface area contributed by atoms with Gasteiger partial charge < -0.3 is 10.3 Å². The summed E-state index contributed by atoms with van der Waals surface area (Å²) in [4.78, 5) is 4.12. The molecule has 1 aromatic rings. The Morgan fingerprint density at radius 3 is 2.50 bits per heavy atom. The molecule has 0 amide bonds. The summed E-state index contributed by atoms with van der Waals surface area (Å²) in [6.45, 7) is 4.35. The molecular formula is C8H14BrN3. The molecule has 4 heteroatoms. The highest BCUT2D eigenvalue weighted by Gasteiger charge is 2.11. The molecule has 0 aliphatic heterocycles. The van der Waals surface area contributed by atoms with Crippen LogP contribution >= 0.6 is 15.9 Å². The Balaban J connectivity index is 2.97. The smallest absolute Gasteiger partial charge is 0.201 e. The van der Waals surface area contributed by atoms with Crippen LogP contribution < -0.4 is 5.73 Å². The average Bonchev–Trinajstić information content (AvgIpc) is 2.16. The fourth-order valence-electron chi connectivity index (χ4n) is 1.12. The van der Waals surface area contributed by atoms with Crippen molar-refractivity contribution < 1.29 is 0 Å². The highest BCUT2D eigenvalue weighted by Crippen LogP contribution is 2.20. The van der Waals surface area contributed by atoms with Gasteiger partial charge in [-0.1, -0.05) is 13.8 Å². The van der Waals surface area contributed by atoms with E-state index in [9.17, 15) is 0 Å². The number of anilines is 1. The van der Waals surface area contributed by atoms with Crippen molar-refractivity contribution in [3.05, 3.63) is 10.3 Å². The van der Waals surface area contributed by atoms with Crippen LogP contribution in [0.4, 0.5) is 5.95 Å². The number of imidazole rings is 1. The molecule has 0 saturated carbocycles. The Morgan fingerprint density at radius 1 is 1.58 bits per heavy atom. The van der Waals surface area contributed by atoms with E-state index in [1.54, 1.807) is 0 Å². The Morgan fingerprint density at radius 2 is 2.17 bits per heavy atom. The van der Waals surface area contributed by atoms with Crippen LogP contribution in [0.1, 0.15) is 19.5 Å². The van der Waals surface area contributed by atoms with E-state index in [0.717, 1.165) is 11.0 Å². The van der Waals surface area contributed by atoms with Crippen molar-refractivity contribution >= 4 is 21.9 Å². The van der Waals surface area contributed by atoms with E-state index in [2.05, 4.69) is 34.8 Å². The molecule has 1 aromatic heterocycles. The van der Waals surface area contributed by atoms with Gasteiger partial charge in [-0.25, -0.2) is 4.98 Å². The molecule has 0 atom stereocenters. The number of nitrogens with zero attached hydrogens (tertiary/aromatic N) is 2. The first-order chi connectivity index (χ1) is 5.52. The van der Waals surface area contributed by atoms with Gasteiger partial charge in [0.15, 0.2) is 0 Å². The summed E-state index contributed by atoms with van der Waals surface area (Å²) in [5, 5.41) is 0. The standard InChI is InChI=1S/C8H14BrN3/c1-5(2)4-6-7(9)11-8(10)12(6)3/h5H,4H2,1-3H3,(H2,10,11). The summed E-state index contributed by atoms with van der Waals surface area (Å²) in [6.07, 6.45) is 1.00. The summed E-state index contributed by atoms with van der Waals surface area (Å²) >= 11 is 3.38. The van der Waals surface area contributed by atoms with Crippen molar-refractivity contribution in [1.82, 2.24) is 9.55 Å². The normalized spacial score (nSPS) is 11.1. The highest BCUT2D eigenvalue weighted by molar-refractivity contribution is 9.10. The molecule has 2 N–H and O–H groups in total. The highest BCUT2D eigenvalue weighted by atomic mass is 79.9. The van der Waals surface area contributed by atoms with Crippen molar-refractivity contribution in [3.63, 3.8) is 0 Å². The Kier molecular flexibility index (Phi) is 2.77. The monoisotopic (exact) mass is 231 g/mol. The van der Waals surface area contributed by atoms with Crippen LogP contribution in [-0.2, 0) is 13.5 Å². The largest absolute Gasteiger partial charge is 0.369 e. The van der Waals surface area contributed by atoms with Crippen LogP contribution in [0.5, 0.6) is 0 Å². The van der Waals surface area contributed by atoms with Crippen LogP contribution in [0.25, 0.3) is 0 Å². The maximum atomic E-state index is 5.64. The molecule has 3 nitrogen and oxygen atoms in total. The third-order valence-corrected chi connectivity index (χ3v) is 2.44. The first-order valence-corrected chi connectivity index (χ1v) is 4.78. The molecule has 0 aromatic carbocycles. The molecule has 0 unspecified atom stereocenters. The molecular weight excluding hydrogens is 218 g/mol. The lowest BCUT2D eigenvalue weighted by Gasteiger charge is -2.06. The zero-order valence-corrected chi connectivity index (χ0v) is 9.22. The fraction of sp³-hybridized carbons (Fsp3) is 0.625. The molecule has 0 bridgehead atoms. The number of hydrogen-bond donors (Lipinski definition) is 1. The van der Waals surface area contributed by atoms with Crippen LogP contribution in [-0.4, -0.2) is 9.55 Å². The quantitative estimate of drug-likeness (QED) is 0.847. The fourth-order valence-corrected chi connectivity index (χ4v) is 1.73. The number of rotatable bonds is 2. The van der Waals surface area contributed by atoms with Crippen molar-refractivity contribution in [2.75, 3.05) is 5.73 Å². The molecule has 68 valence electrons. The lowest BCUT2D eigenvalue weighted by molar-refractivity contribution is 0.616. The maximum Gasteiger partial charge on any atom is 0.201 e. The van der Waals surface area contributed by atoms with Gasteiger partial charge in [-0.3, -0.25) is 0 Å². The number of hydrogen-bond acceptors (Lipinski definition) is 2. The maximum absolute atomic E-state index is 5.64. The van der Waals surface area contributed by atoms with E-state index in [4.69, 9.17) is 5.73 Å². The van der Waals surface area contributed by atoms with Gasteiger partial charge in [-0.15, -0.1) is 0 Å². The third-order valence-electron chi connectivity index (χ3n) is 1.80. The van der Waals surface area contributed by atoms with E-state index in [-0.39, 0.29) is 0 Å². The van der Waals surface area contributed by atoms with Crippen molar-refractivity contribution in [2.45, 2.75) is 20.3 Å². The minimum absolute atomic E-state index is 0.567. The molecule has 0 fully saturated rings. The van der Waals surface area contributed by atoms with Gasteiger partial charge in [0, 0.05) is 7.05 Å². The predicted molar refractivity (Wildman–Crippen MR) is 53.9 cm³/mol. The lowest BCUT2D eigenvalue weighted by atomic mass is 10.1. The van der Waals surface area contributed by atoms with E-state index in [1.807, 2.05) is 11.6 Å². The summed E-state index contributed by atoms with van der Waals surface area (Å²) < 4.78 is 2.79. The van der Waals surface area contributed by atoms with E-state index < -0.39 is 0 Å². The molecule has 1 rings (SSSR count). The van der Waals surface area contributed by atoms with Crippen LogP contribution in [0.3, 0.4) is 0 Å². The van der Waals surface area contributed by atoms with Crippen LogP contribution in [0.2, 0.25) is 0 Å². The van der Waals surface area contributed by atoms with E-state index >= 15 is 0 Å². The SMILES string of the molecule is CC(C)Cc1c(Br)nc(N)n1C. The first kappa shape index (κ1) is 9.58. The van der Waals surface area contributed by atoms with Crippen LogP contribution in [0, 0.1) is 5.92 Å². The second-order valence-corrected chi connectivity index (χ2v) is 4.12. The van der Waals surface area contributed by atoms with Gasteiger partial charge in [0.1, 0.15) is 4.60 Å². The average molecular weight is 232 g/mol. The van der Waals surface area contributed by atoms with Gasteiger partial charge in [-0.2, -0.15) is 0 Å².